The Bertz CT molecular complexity index is 895. The van der Waals surface area contributed by atoms with Gasteiger partial charge in [-0.15, -0.1) is 0 Å². The molecule has 5 nitrogen and oxygen atoms in total. The highest BCUT2D eigenvalue weighted by molar-refractivity contribution is 6.06. The molecule has 6 atom stereocenters. The zero-order chi connectivity index (χ0) is 21.2. The van der Waals surface area contributed by atoms with E-state index >= 15 is 0 Å². The summed E-state index contributed by atoms with van der Waals surface area (Å²) in [6, 6.07) is 7.58. The van der Waals surface area contributed by atoms with Crippen molar-refractivity contribution in [1.29, 1.82) is 0 Å². The molecule has 0 N–H and O–H groups in total. The zero-order valence-corrected chi connectivity index (χ0v) is 17.8. The van der Waals surface area contributed by atoms with Gasteiger partial charge in [0.1, 0.15) is 5.75 Å². The molecule has 2 saturated carbocycles. The molecule has 2 amide bonds. The second-order valence-corrected chi connectivity index (χ2v) is 9.97. The minimum absolute atomic E-state index is 0.0226. The summed E-state index contributed by atoms with van der Waals surface area (Å²) >= 11 is 0. The van der Waals surface area contributed by atoms with Crippen LogP contribution in [0.1, 0.15) is 45.6 Å². The van der Waals surface area contributed by atoms with Crippen molar-refractivity contribution in [3.05, 3.63) is 42.0 Å². The van der Waals surface area contributed by atoms with Crippen LogP contribution in [0.2, 0.25) is 0 Å². The van der Waals surface area contributed by atoms with Crippen LogP contribution in [0.15, 0.2) is 36.4 Å². The fraction of sp³-hybridized carbons (Fsp3) is 0.560. The third-order valence-corrected chi connectivity index (χ3v) is 8.04. The molecule has 0 aromatic heterocycles. The monoisotopic (exact) mass is 407 g/mol. The van der Waals surface area contributed by atoms with Gasteiger partial charge in [-0.05, 0) is 59.6 Å². The maximum absolute atomic E-state index is 13.0. The van der Waals surface area contributed by atoms with Crippen molar-refractivity contribution in [3.8, 4) is 5.75 Å². The van der Waals surface area contributed by atoms with Crippen LogP contribution in [-0.2, 0) is 19.8 Å². The highest BCUT2D eigenvalue weighted by Gasteiger charge is 2.66. The topological polar surface area (TPSA) is 63.7 Å². The Morgan fingerprint density at radius 1 is 1.03 bits per heavy atom. The third kappa shape index (κ3) is 2.93. The number of amides is 2. The summed E-state index contributed by atoms with van der Waals surface area (Å²) in [6.07, 6.45) is 6.51. The number of benzene rings is 1. The first-order valence-electron chi connectivity index (χ1n) is 11.2. The van der Waals surface area contributed by atoms with E-state index in [1.165, 1.54) is 10.5 Å². The number of carbonyl (C=O) groups is 3. The summed E-state index contributed by atoms with van der Waals surface area (Å²) in [7, 11) is 0. The van der Waals surface area contributed by atoms with Gasteiger partial charge in [0.15, 0.2) is 0 Å². The molecule has 6 rings (SSSR count). The normalized spacial score (nSPS) is 33.5. The smallest absolute Gasteiger partial charge is 0.312 e. The Hall–Kier alpha value is -2.43. The summed E-state index contributed by atoms with van der Waals surface area (Å²) in [6.45, 7) is 6.62. The third-order valence-electron chi connectivity index (χ3n) is 8.04. The first-order valence-corrected chi connectivity index (χ1v) is 11.2. The Balaban J connectivity index is 1.19. The average molecular weight is 408 g/mol. The van der Waals surface area contributed by atoms with Crippen LogP contribution in [0.4, 0.5) is 0 Å². The van der Waals surface area contributed by atoms with E-state index in [0.29, 0.717) is 17.6 Å². The number of carbonyl (C=O) groups excluding carboxylic acids is 3. The van der Waals surface area contributed by atoms with Gasteiger partial charge in [-0.2, -0.15) is 0 Å². The second-order valence-electron chi connectivity index (χ2n) is 9.97. The predicted octanol–water partition coefficient (Wildman–Crippen LogP) is 3.72. The van der Waals surface area contributed by atoms with Gasteiger partial charge >= 0.3 is 5.97 Å². The molecule has 1 heterocycles. The van der Waals surface area contributed by atoms with Crippen LogP contribution < -0.4 is 4.74 Å². The van der Waals surface area contributed by atoms with E-state index in [-0.39, 0.29) is 53.9 Å². The number of ether oxygens (including phenoxy) is 1. The van der Waals surface area contributed by atoms with E-state index < -0.39 is 5.97 Å². The van der Waals surface area contributed by atoms with E-state index in [1.807, 2.05) is 12.1 Å². The van der Waals surface area contributed by atoms with Crippen LogP contribution in [-0.4, -0.2) is 29.2 Å². The van der Waals surface area contributed by atoms with Gasteiger partial charge in [0.2, 0.25) is 11.8 Å². The van der Waals surface area contributed by atoms with Crippen molar-refractivity contribution in [1.82, 2.24) is 4.90 Å². The van der Waals surface area contributed by atoms with Gasteiger partial charge in [0.05, 0.1) is 18.3 Å². The summed E-state index contributed by atoms with van der Waals surface area (Å²) in [5.41, 5.74) is 1.27. The van der Waals surface area contributed by atoms with Crippen LogP contribution >= 0.6 is 0 Å². The number of rotatable bonds is 6. The number of nitrogens with zero attached hydrogens (tertiary/aromatic N) is 1. The quantitative estimate of drug-likeness (QED) is 0.312. The Labute approximate surface area is 177 Å². The van der Waals surface area contributed by atoms with Crippen LogP contribution in [0.5, 0.6) is 5.75 Å². The SMILES string of the molecule is CCC(C)(C)c1ccc(OC(=O)CCN2C(=O)C3C4C=CC(C5CC45)C3C2=O)cc1. The predicted molar refractivity (Wildman–Crippen MR) is 111 cm³/mol. The molecule has 30 heavy (non-hydrogen) atoms. The number of likely N-dealkylation sites (tertiary alicyclic amines) is 1. The second kappa shape index (κ2) is 6.79. The number of imide groups is 1. The zero-order valence-electron chi connectivity index (χ0n) is 17.8. The van der Waals surface area contributed by atoms with E-state index in [0.717, 1.165) is 12.8 Å². The van der Waals surface area contributed by atoms with Gasteiger partial charge in [0.25, 0.3) is 0 Å². The van der Waals surface area contributed by atoms with Gasteiger partial charge in [-0.1, -0.05) is 45.1 Å². The van der Waals surface area contributed by atoms with Crippen molar-refractivity contribution < 1.29 is 19.1 Å². The largest absolute Gasteiger partial charge is 0.426 e. The maximum atomic E-state index is 13.0. The molecule has 4 aliphatic carbocycles. The molecular weight excluding hydrogens is 378 g/mol. The van der Waals surface area contributed by atoms with Gasteiger partial charge in [0, 0.05) is 6.54 Å². The van der Waals surface area contributed by atoms with Crippen molar-refractivity contribution >= 4 is 17.8 Å². The number of hydrogen-bond donors (Lipinski definition) is 0. The number of hydrogen-bond acceptors (Lipinski definition) is 4. The minimum Gasteiger partial charge on any atom is -0.426 e. The molecule has 5 aliphatic rings. The van der Waals surface area contributed by atoms with Crippen LogP contribution in [0, 0.1) is 35.5 Å². The van der Waals surface area contributed by atoms with Crippen molar-refractivity contribution in [2.75, 3.05) is 6.54 Å². The van der Waals surface area contributed by atoms with E-state index in [1.54, 1.807) is 12.1 Å². The molecule has 0 spiro atoms. The summed E-state index contributed by atoms with van der Waals surface area (Å²) in [4.78, 5) is 39.6. The summed E-state index contributed by atoms with van der Waals surface area (Å²) < 4.78 is 5.44. The molecule has 1 saturated heterocycles. The fourth-order valence-corrected chi connectivity index (χ4v) is 5.80. The molecule has 1 aliphatic heterocycles. The summed E-state index contributed by atoms with van der Waals surface area (Å²) in [5, 5.41) is 0. The molecule has 3 fully saturated rings. The average Bonchev–Trinajstić information content (AvgIpc) is 3.52. The molecule has 2 bridgehead atoms. The highest BCUT2D eigenvalue weighted by atomic mass is 16.5. The summed E-state index contributed by atoms with van der Waals surface area (Å²) in [5.74, 6) is 1.08. The highest BCUT2D eigenvalue weighted by Crippen LogP contribution is 2.65. The molecule has 0 radical (unpaired) electrons. The molecule has 1 aromatic carbocycles. The van der Waals surface area contributed by atoms with Crippen molar-refractivity contribution in [3.63, 3.8) is 0 Å². The van der Waals surface area contributed by atoms with Crippen LogP contribution in [0.25, 0.3) is 0 Å². The van der Waals surface area contributed by atoms with Gasteiger partial charge < -0.3 is 4.74 Å². The van der Waals surface area contributed by atoms with Crippen molar-refractivity contribution in [2.24, 2.45) is 35.5 Å². The lowest BCUT2D eigenvalue weighted by atomic mass is 9.63. The molecule has 5 heteroatoms. The number of allylic oxidation sites excluding steroid dienone is 2. The van der Waals surface area contributed by atoms with E-state index in [9.17, 15) is 14.4 Å². The minimum atomic E-state index is -0.420. The standard InChI is InChI=1S/C25H29NO4/c1-4-25(2,3)14-5-7-15(8-6-14)30-20(27)11-12-26-23(28)21-16-9-10-17(19-13-18(16)19)22(21)24(26)29/h5-10,16-19,21-22H,4,11-13H2,1-3H3. The van der Waals surface area contributed by atoms with E-state index in [2.05, 4.69) is 32.9 Å². The maximum Gasteiger partial charge on any atom is 0.312 e. The lowest BCUT2D eigenvalue weighted by molar-refractivity contribution is -0.141. The Morgan fingerprint density at radius 2 is 1.60 bits per heavy atom. The fourth-order valence-electron chi connectivity index (χ4n) is 5.80. The van der Waals surface area contributed by atoms with Crippen molar-refractivity contribution in [2.45, 2.75) is 45.4 Å². The van der Waals surface area contributed by atoms with Gasteiger partial charge in [-0.25, -0.2) is 0 Å². The number of esters is 1. The molecule has 158 valence electrons. The lowest BCUT2D eigenvalue weighted by Crippen LogP contribution is -2.40. The van der Waals surface area contributed by atoms with Gasteiger partial charge in [-0.3, -0.25) is 19.3 Å². The van der Waals surface area contributed by atoms with E-state index in [4.69, 9.17) is 4.74 Å². The lowest BCUT2D eigenvalue weighted by Gasteiger charge is -2.37. The van der Waals surface area contributed by atoms with Crippen LogP contribution in [0.3, 0.4) is 0 Å². The molecule has 1 aromatic rings. The Kier molecular flexibility index (Phi) is 4.42. The molecular formula is C25H29NO4. The first-order chi connectivity index (χ1) is 14.3. The Morgan fingerprint density at radius 3 is 2.13 bits per heavy atom. The first kappa shape index (κ1) is 19.5. The molecule has 6 unspecified atom stereocenters.